The Bertz CT molecular complexity index is 633. The minimum atomic E-state index is 0.629. The highest BCUT2D eigenvalue weighted by atomic mass is 15.2. The van der Waals surface area contributed by atoms with Crippen molar-refractivity contribution in [2.75, 3.05) is 11.9 Å². The van der Waals surface area contributed by atoms with Gasteiger partial charge in [-0.1, -0.05) is 6.07 Å². The molecule has 0 aliphatic rings. The van der Waals surface area contributed by atoms with E-state index < -0.39 is 0 Å². The number of hydrogen-bond acceptors (Lipinski definition) is 3. The van der Waals surface area contributed by atoms with E-state index in [1.54, 1.807) is 6.20 Å². The summed E-state index contributed by atoms with van der Waals surface area (Å²) in [5, 5.41) is 9.29. The van der Waals surface area contributed by atoms with Crippen molar-refractivity contribution in [3.05, 3.63) is 52.7 Å². The molecular formula is C16H17N3. The van der Waals surface area contributed by atoms with Crippen LogP contribution < -0.4 is 4.90 Å². The first-order valence-corrected chi connectivity index (χ1v) is 6.20. The Kier molecular flexibility index (Phi) is 3.52. The van der Waals surface area contributed by atoms with E-state index in [9.17, 15) is 5.26 Å². The summed E-state index contributed by atoms with van der Waals surface area (Å²) in [4.78, 5) is 6.31. The highest BCUT2D eigenvalue weighted by Crippen LogP contribution is 2.27. The molecule has 1 heterocycles. The van der Waals surface area contributed by atoms with Gasteiger partial charge in [-0.2, -0.15) is 5.26 Å². The van der Waals surface area contributed by atoms with Crippen molar-refractivity contribution in [2.45, 2.75) is 20.8 Å². The number of pyridine rings is 1. The molecule has 0 fully saturated rings. The van der Waals surface area contributed by atoms with Crippen LogP contribution >= 0.6 is 0 Å². The van der Waals surface area contributed by atoms with Gasteiger partial charge in [0.1, 0.15) is 6.07 Å². The number of hydrogen-bond donors (Lipinski definition) is 0. The first-order chi connectivity index (χ1) is 9.02. The van der Waals surface area contributed by atoms with E-state index in [0.717, 1.165) is 11.3 Å². The zero-order valence-corrected chi connectivity index (χ0v) is 11.7. The van der Waals surface area contributed by atoms with Gasteiger partial charge in [0.15, 0.2) is 5.82 Å². The maximum atomic E-state index is 9.29. The van der Waals surface area contributed by atoms with Crippen LogP contribution in [0.4, 0.5) is 11.5 Å². The van der Waals surface area contributed by atoms with Gasteiger partial charge in [-0.25, -0.2) is 4.98 Å². The molecule has 19 heavy (non-hydrogen) atoms. The largest absolute Gasteiger partial charge is 0.328 e. The number of aryl methyl sites for hydroxylation is 3. The van der Waals surface area contributed by atoms with E-state index in [0.29, 0.717) is 11.4 Å². The second kappa shape index (κ2) is 5.11. The second-order valence-corrected chi connectivity index (χ2v) is 4.84. The third-order valence-electron chi connectivity index (χ3n) is 3.16. The molecular weight excluding hydrogens is 234 g/mol. The molecule has 0 saturated heterocycles. The van der Waals surface area contributed by atoms with Crippen LogP contribution in [0.15, 0.2) is 30.5 Å². The van der Waals surface area contributed by atoms with Gasteiger partial charge in [0.2, 0.25) is 0 Å². The fraction of sp³-hybridized carbons (Fsp3) is 0.250. The number of anilines is 2. The Morgan fingerprint density at radius 3 is 2.32 bits per heavy atom. The highest BCUT2D eigenvalue weighted by molar-refractivity contribution is 5.67. The van der Waals surface area contributed by atoms with Crippen LogP contribution in [0.3, 0.4) is 0 Å². The topological polar surface area (TPSA) is 39.9 Å². The zero-order valence-electron chi connectivity index (χ0n) is 11.7. The lowest BCUT2D eigenvalue weighted by Gasteiger charge is -2.21. The fourth-order valence-corrected chi connectivity index (χ4v) is 2.20. The van der Waals surface area contributed by atoms with Gasteiger partial charge in [-0.3, -0.25) is 0 Å². The summed E-state index contributed by atoms with van der Waals surface area (Å²) in [6.07, 6.45) is 1.74. The number of nitriles is 1. The summed E-state index contributed by atoms with van der Waals surface area (Å²) in [5.74, 6) is 0.701. The summed E-state index contributed by atoms with van der Waals surface area (Å²) in [5.41, 5.74) is 5.03. The van der Waals surface area contributed by atoms with Crippen molar-refractivity contribution in [1.29, 1.82) is 5.26 Å². The van der Waals surface area contributed by atoms with Crippen molar-refractivity contribution in [1.82, 2.24) is 4.98 Å². The molecule has 0 amide bonds. The van der Waals surface area contributed by atoms with E-state index in [1.165, 1.54) is 11.1 Å². The lowest BCUT2D eigenvalue weighted by Crippen LogP contribution is -2.13. The Morgan fingerprint density at radius 1 is 1.11 bits per heavy atom. The predicted octanol–water partition coefficient (Wildman–Crippen LogP) is 3.65. The fourth-order valence-electron chi connectivity index (χ4n) is 2.20. The van der Waals surface area contributed by atoms with Crippen LogP contribution in [-0.2, 0) is 0 Å². The third kappa shape index (κ3) is 2.58. The van der Waals surface area contributed by atoms with E-state index in [-0.39, 0.29) is 0 Å². The summed E-state index contributed by atoms with van der Waals surface area (Å²) in [6.45, 7) is 6.07. The van der Waals surface area contributed by atoms with Gasteiger partial charge >= 0.3 is 0 Å². The molecule has 2 rings (SSSR count). The molecule has 96 valence electrons. The van der Waals surface area contributed by atoms with Gasteiger partial charge < -0.3 is 4.90 Å². The first-order valence-electron chi connectivity index (χ1n) is 6.20. The zero-order chi connectivity index (χ0) is 14.0. The summed E-state index contributed by atoms with van der Waals surface area (Å²) in [7, 11) is 1.94. The van der Waals surface area contributed by atoms with Crippen molar-refractivity contribution in [3.63, 3.8) is 0 Å². The van der Waals surface area contributed by atoms with E-state index in [2.05, 4.69) is 43.1 Å². The SMILES string of the molecule is Cc1cc(C)cc(N(C)c2nccc(C)c2C#N)c1. The third-order valence-corrected chi connectivity index (χ3v) is 3.16. The van der Waals surface area contributed by atoms with Crippen molar-refractivity contribution in [3.8, 4) is 6.07 Å². The lowest BCUT2D eigenvalue weighted by molar-refractivity contribution is 1.10. The Balaban J connectivity index is 2.53. The van der Waals surface area contributed by atoms with E-state index in [1.807, 2.05) is 24.9 Å². The molecule has 3 heteroatoms. The predicted molar refractivity (Wildman–Crippen MR) is 77.7 cm³/mol. The van der Waals surface area contributed by atoms with Crippen LogP contribution in [0.2, 0.25) is 0 Å². The van der Waals surface area contributed by atoms with Gasteiger partial charge in [0.25, 0.3) is 0 Å². The minimum absolute atomic E-state index is 0.629. The lowest BCUT2D eigenvalue weighted by atomic mass is 10.1. The first kappa shape index (κ1) is 13.1. The summed E-state index contributed by atoms with van der Waals surface area (Å²) in [6, 6.07) is 10.4. The van der Waals surface area contributed by atoms with Gasteiger partial charge in [0.05, 0.1) is 5.56 Å². The summed E-state index contributed by atoms with van der Waals surface area (Å²) < 4.78 is 0. The number of aromatic nitrogens is 1. The minimum Gasteiger partial charge on any atom is -0.328 e. The van der Waals surface area contributed by atoms with Crippen LogP contribution in [-0.4, -0.2) is 12.0 Å². The van der Waals surface area contributed by atoms with Gasteiger partial charge in [-0.15, -0.1) is 0 Å². The second-order valence-electron chi connectivity index (χ2n) is 4.84. The molecule has 0 aliphatic heterocycles. The van der Waals surface area contributed by atoms with Crippen molar-refractivity contribution >= 4 is 11.5 Å². The quantitative estimate of drug-likeness (QED) is 0.818. The highest BCUT2D eigenvalue weighted by Gasteiger charge is 2.13. The molecule has 1 aromatic heterocycles. The molecule has 3 nitrogen and oxygen atoms in total. The van der Waals surface area contributed by atoms with E-state index >= 15 is 0 Å². The van der Waals surface area contributed by atoms with Crippen molar-refractivity contribution < 1.29 is 0 Å². The smallest absolute Gasteiger partial charge is 0.150 e. The molecule has 0 aliphatic carbocycles. The standard InChI is InChI=1S/C16H17N3/c1-11-7-12(2)9-14(8-11)19(4)16-15(10-17)13(3)5-6-18-16/h5-9H,1-4H3. The van der Waals surface area contributed by atoms with Crippen LogP contribution in [0.5, 0.6) is 0 Å². The van der Waals surface area contributed by atoms with Crippen LogP contribution in [0.1, 0.15) is 22.3 Å². The Labute approximate surface area is 114 Å². The molecule has 0 atom stereocenters. The molecule has 0 saturated carbocycles. The number of rotatable bonds is 2. The van der Waals surface area contributed by atoms with Crippen LogP contribution in [0.25, 0.3) is 0 Å². The van der Waals surface area contributed by atoms with E-state index in [4.69, 9.17) is 0 Å². The van der Waals surface area contributed by atoms with Crippen molar-refractivity contribution in [2.24, 2.45) is 0 Å². The maximum Gasteiger partial charge on any atom is 0.150 e. The van der Waals surface area contributed by atoms with Gasteiger partial charge in [-0.05, 0) is 55.7 Å². The Hall–Kier alpha value is -2.34. The van der Waals surface area contributed by atoms with Gasteiger partial charge in [0, 0.05) is 18.9 Å². The molecule has 0 bridgehead atoms. The monoisotopic (exact) mass is 251 g/mol. The number of benzene rings is 1. The molecule has 0 unspecified atom stereocenters. The molecule has 0 radical (unpaired) electrons. The Morgan fingerprint density at radius 2 is 1.74 bits per heavy atom. The summed E-state index contributed by atoms with van der Waals surface area (Å²) >= 11 is 0. The maximum absolute atomic E-state index is 9.29. The van der Waals surface area contributed by atoms with Crippen LogP contribution in [0, 0.1) is 32.1 Å². The number of nitrogens with zero attached hydrogens (tertiary/aromatic N) is 3. The average Bonchev–Trinajstić information content (AvgIpc) is 2.36. The molecule has 2 aromatic rings. The molecule has 0 spiro atoms. The normalized spacial score (nSPS) is 10.1. The molecule has 0 N–H and O–H groups in total. The molecule has 1 aromatic carbocycles. The average molecular weight is 251 g/mol.